The van der Waals surface area contributed by atoms with Gasteiger partial charge in [-0.25, -0.2) is 0 Å². The summed E-state index contributed by atoms with van der Waals surface area (Å²) < 4.78 is 0. The monoisotopic (exact) mass is 429 g/mol. The van der Waals surface area contributed by atoms with Crippen LogP contribution in [0.4, 0.5) is 0 Å². The molecule has 0 fully saturated rings. The Morgan fingerprint density at radius 3 is 1.21 bits per heavy atom. The Kier molecular flexibility index (Phi) is 6.06. The molecule has 4 aromatic rings. The highest BCUT2D eigenvalue weighted by Gasteiger charge is 2.50. The van der Waals surface area contributed by atoms with Crippen molar-refractivity contribution in [1.29, 1.82) is 0 Å². The maximum atomic E-state index is 5.39. The zero-order valence-corrected chi connectivity index (χ0v) is 19.4. The zero-order chi connectivity index (χ0) is 20.2. The Hall–Kier alpha value is -2.12. The minimum atomic E-state index is -2.02. The van der Waals surface area contributed by atoms with Crippen LogP contribution in [0, 0.1) is 0 Å². The van der Waals surface area contributed by atoms with Crippen molar-refractivity contribution >= 4 is 47.7 Å². The van der Waals surface area contributed by atoms with Gasteiger partial charge in [0, 0.05) is 0 Å². The molecule has 0 saturated carbocycles. The summed E-state index contributed by atoms with van der Waals surface area (Å²) in [7, 11) is -3.87. The van der Waals surface area contributed by atoms with Crippen molar-refractivity contribution in [2.24, 2.45) is 0 Å². The van der Waals surface area contributed by atoms with E-state index < -0.39 is 14.5 Å². The highest BCUT2D eigenvalue weighted by Crippen LogP contribution is 2.57. The molecule has 0 amide bonds. The molecule has 3 heteroatoms. The highest BCUT2D eigenvalue weighted by atomic mass is 32.3. The largest absolute Gasteiger partial charge is 0.192 e. The van der Waals surface area contributed by atoms with Gasteiger partial charge in [0.05, 0.1) is 5.79 Å². The van der Waals surface area contributed by atoms with Crippen LogP contribution in [0.3, 0.4) is 0 Å². The van der Waals surface area contributed by atoms with Crippen molar-refractivity contribution in [3.05, 3.63) is 121 Å². The first-order chi connectivity index (χ1) is 14.1. The molecule has 29 heavy (non-hydrogen) atoms. The zero-order valence-electron chi connectivity index (χ0n) is 16.6. The third-order valence-corrected chi connectivity index (χ3v) is 17.1. The van der Waals surface area contributed by atoms with Crippen molar-refractivity contribution in [3.63, 3.8) is 0 Å². The molecule has 4 aromatic carbocycles. The van der Waals surface area contributed by atoms with E-state index in [0.717, 1.165) is 5.79 Å². The molecule has 0 nitrogen and oxygen atoms in total. The van der Waals surface area contributed by atoms with Crippen molar-refractivity contribution in [2.45, 2.75) is 6.55 Å². The van der Waals surface area contributed by atoms with E-state index in [2.05, 4.69) is 128 Å². The Morgan fingerprint density at radius 2 is 0.862 bits per heavy atom. The molecule has 1 atom stereocenters. The van der Waals surface area contributed by atoms with Crippen LogP contribution >= 0.6 is 19.3 Å². The summed E-state index contributed by atoms with van der Waals surface area (Å²) in [6.07, 6.45) is 0. The topological polar surface area (TPSA) is 0 Å². The Labute approximate surface area is 181 Å². The minimum Gasteiger partial charge on any atom is -0.192 e. The second kappa shape index (κ2) is 8.71. The van der Waals surface area contributed by atoms with E-state index >= 15 is 0 Å². The molecule has 0 aliphatic heterocycles. The van der Waals surface area contributed by atoms with E-state index in [1.807, 2.05) is 0 Å². The summed E-state index contributed by atoms with van der Waals surface area (Å²) in [6, 6.07) is 44.2. The van der Waals surface area contributed by atoms with Gasteiger partial charge < -0.3 is 0 Å². The van der Waals surface area contributed by atoms with Crippen molar-refractivity contribution in [3.8, 4) is 0 Å². The molecule has 0 saturated heterocycles. The van der Waals surface area contributed by atoms with Crippen molar-refractivity contribution in [1.82, 2.24) is 0 Å². The van der Waals surface area contributed by atoms with Gasteiger partial charge >= 0.3 is 0 Å². The number of hydrogen-bond donors (Lipinski definition) is 1. The van der Waals surface area contributed by atoms with E-state index in [1.54, 1.807) is 0 Å². The lowest BCUT2D eigenvalue weighted by molar-refractivity contribution is 1.68. The van der Waals surface area contributed by atoms with Gasteiger partial charge in [-0.15, -0.1) is 0 Å². The van der Waals surface area contributed by atoms with Crippen molar-refractivity contribution in [2.75, 3.05) is 5.79 Å². The first kappa shape index (κ1) is 20.2. The SMILES string of the molecule is C[Si](S)(C[P+](c1ccccc1)(c1ccccc1)c1ccccc1)c1ccccc1. The third-order valence-electron chi connectivity index (χ3n) is 5.53. The first-order valence-electron chi connectivity index (χ1n) is 9.96. The maximum Gasteiger partial charge on any atom is 0.182 e. The van der Waals surface area contributed by atoms with Crippen LogP contribution in [0.5, 0.6) is 0 Å². The fourth-order valence-corrected chi connectivity index (χ4v) is 16.9. The highest BCUT2D eigenvalue weighted by molar-refractivity contribution is 8.19. The molecule has 0 N–H and O–H groups in total. The number of benzene rings is 4. The molecule has 0 aromatic heterocycles. The number of hydrogen-bond acceptors (Lipinski definition) is 1. The van der Waals surface area contributed by atoms with Crippen LogP contribution in [0.1, 0.15) is 0 Å². The van der Waals surface area contributed by atoms with Gasteiger partial charge in [-0.1, -0.05) is 91.5 Å². The lowest BCUT2D eigenvalue weighted by atomic mass is 10.4. The normalized spacial score (nSPS) is 13.6. The van der Waals surface area contributed by atoms with Crippen LogP contribution < -0.4 is 21.1 Å². The van der Waals surface area contributed by atoms with Gasteiger partial charge in [-0.3, -0.25) is 0 Å². The smallest absolute Gasteiger partial charge is 0.182 e. The van der Waals surface area contributed by atoms with Crippen LogP contribution in [-0.4, -0.2) is 13.0 Å². The standard InChI is InChI=1S/C26H26PSSi/c1-29(28,26-20-12-5-13-21-26)22-27(23-14-6-2-7-15-23,24-16-8-3-9-17-24)25-18-10-4-11-19-25/h2-21,28H,22H2,1H3/q+1. The summed E-state index contributed by atoms with van der Waals surface area (Å²) in [5.74, 6) is 1.09. The summed E-state index contributed by atoms with van der Waals surface area (Å²) in [6.45, 7) is 2.40. The van der Waals surface area contributed by atoms with Crippen LogP contribution in [0.25, 0.3) is 0 Å². The molecule has 0 spiro atoms. The van der Waals surface area contributed by atoms with Gasteiger partial charge in [0.25, 0.3) is 0 Å². The van der Waals surface area contributed by atoms with Crippen LogP contribution in [0.15, 0.2) is 121 Å². The van der Waals surface area contributed by atoms with Gasteiger partial charge in [0.2, 0.25) is 0 Å². The Morgan fingerprint density at radius 1 is 0.552 bits per heavy atom. The fourth-order valence-electron chi connectivity index (χ4n) is 4.12. The lowest BCUT2D eigenvalue weighted by Gasteiger charge is -2.33. The predicted molar refractivity (Wildman–Crippen MR) is 137 cm³/mol. The van der Waals surface area contributed by atoms with E-state index in [1.165, 1.54) is 21.1 Å². The van der Waals surface area contributed by atoms with E-state index in [4.69, 9.17) is 12.1 Å². The predicted octanol–water partition coefficient (Wildman–Crippen LogP) is 4.93. The molecule has 4 rings (SSSR count). The number of thiol groups is 1. The molecule has 144 valence electrons. The molecule has 0 aliphatic rings. The molecule has 0 bridgehead atoms. The summed E-state index contributed by atoms with van der Waals surface area (Å²) in [5.41, 5.74) is 0. The van der Waals surface area contributed by atoms with Crippen LogP contribution in [0.2, 0.25) is 6.55 Å². The van der Waals surface area contributed by atoms with E-state index in [-0.39, 0.29) is 0 Å². The minimum absolute atomic E-state index is 1.09. The maximum absolute atomic E-state index is 5.39. The Balaban J connectivity index is 1.98. The molecular weight excluding hydrogens is 403 g/mol. The lowest BCUT2D eigenvalue weighted by Crippen LogP contribution is -2.49. The molecule has 1 unspecified atom stereocenters. The average molecular weight is 430 g/mol. The second-order valence-electron chi connectivity index (χ2n) is 7.61. The number of rotatable bonds is 6. The average Bonchev–Trinajstić information content (AvgIpc) is 2.80. The van der Waals surface area contributed by atoms with Gasteiger partial charge in [0.1, 0.15) is 23.2 Å². The van der Waals surface area contributed by atoms with Crippen LogP contribution in [-0.2, 0) is 0 Å². The molecular formula is C26H26PSSi+. The van der Waals surface area contributed by atoms with Gasteiger partial charge in [-0.05, 0) is 41.6 Å². The molecule has 0 heterocycles. The summed E-state index contributed by atoms with van der Waals surface area (Å²) in [5, 5.41) is 5.69. The van der Waals surface area contributed by atoms with Gasteiger partial charge in [0.15, 0.2) is 7.22 Å². The Bertz CT molecular complexity index is 938. The summed E-state index contributed by atoms with van der Waals surface area (Å²) in [4.78, 5) is 0. The third kappa shape index (κ3) is 4.11. The quantitative estimate of drug-likeness (QED) is 0.251. The van der Waals surface area contributed by atoms with Crippen molar-refractivity contribution < 1.29 is 0 Å². The van der Waals surface area contributed by atoms with Gasteiger partial charge in [-0.2, -0.15) is 12.1 Å². The van der Waals surface area contributed by atoms with E-state index in [0.29, 0.717) is 0 Å². The second-order valence-corrected chi connectivity index (χ2v) is 18.1. The first-order valence-corrected chi connectivity index (χ1v) is 15.9. The molecule has 0 aliphatic carbocycles. The summed E-state index contributed by atoms with van der Waals surface area (Å²) >= 11 is 5.39. The molecule has 0 radical (unpaired) electrons. The fraction of sp³-hybridized carbons (Fsp3) is 0.0769. The van der Waals surface area contributed by atoms with E-state index in [9.17, 15) is 0 Å².